The molecule has 2 aliphatic heterocycles. The Morgan fingerprint density at radius 3 is 2.45 bits per heavy atom. The summed E-state index contributed by atoms with van der Waals surface area (Å²) in [4.78, 5) is 4.82. The predicted molar refractivity (Wildman–Crippen MR) is 124 cm³/mol. The molecule has 0 spiro atoms. The van der Waals surface area contributed by atoms with Crippen molar-refractivity contribution in [2.75, 3.05) is 51.3 Å². The van der Waals surface area contributed by atoms with E-state index in [0.29, 0.717) is 18.1 Å². The summed E-state index contributed by atoms with van der Waals surface area (Å²) >= 11 is 0. The van der Waals surface area contributed by atoms with Crippen LogP contribution < -0.4 is 4.90 Å². The molecule has 5 rings (SSSR count). The van der Waals surface area contributed by atoms with E-state index in [9.17, 15) is 8.42 Å². The van der Waals surface area contributed by atoms with Gasteiger partial charge in [0.25, 0.3) is 10.0 Å². The summed E-state index contributed by atoms with van der Waals surface area (Å²) < 4.78 is 34.1. The molecule has 0 bridgehead atoms. The summed E-state index contributed by atoms with van der Waals surface area (Å²) in [5.74, 6) is 0. The highest BCUT2D eigenvalue weighted by Crippen LogP contribution is 2.35. The molecular formula is C24H27N3O3S. The Morgan fingerprint density at radius 1 is 0.968 bits per heavy atom. The molecule has 6 nitrogen and oxygen atoms in total. The molecule has 162 valence electrons. The highest BCUT2D eigenvalue weighted by Gasteiger charge is 2.24. The van der Waals surface area contributed by atoms with Crippen LogP contribution in [0.2, 0.25) is 0 Å². The Balaban J connectivity index is 1.69. The fourth-order valence-electron chi connectivity index (χ4n) is 4.38. The molecule has 0 amide bonds. The third-order valence-corrected chi connectivity index (χ3v) is 7.88. The van der Waals surface area contributed by atoms with Crippen molar-refractivity contribution in [3.05, 3.63) is 66.4 Å². The lowest BCUT2D eigenvalue weighted by Gasteiger charge is -2.29. The first-order valence-corrected chi connectivity index (χ1v) is 12.1. The molecule has 0 N–H and O–H groups in total. The molecule has 2 aliphatic rings. The van der Waals surface area contributed by atoms with Crippen molar-refractivity contribution in [2.45, 2.75) is 11.3 Å². The highest BCUT2D eigenvalue weighted by atomic mass is 32.2. The fourth-order valence-corrected chi connectivity index (χ4v) is 5.76. The zero-order valence-electron chi connectivity index (χ0n) is 17.7. The maximum absolute atomic E-state index is 13.6. The summed E-state index contributed by atoms with van der Waals surface area (Å²) in [5, 5.41) is 0.979. The number of hydrogen-bond acceptors (Lipinski definition) is 5. The van der Waals surface area contributed by atoms with E-state index < -0.39 is 10.0 Å². The number of fused-ring (bicyclic) bond motifs is 1. The van der Waals surface area contributed by atoms with Crippen molar-refractivity contribution in [1.29, 1.82) is 0 Å². The average Bonchev–Trinajstić information content (AvgIpc) is 3.20. The molecule has 31 heavy (non-hydrogen) atoms. The second kappa shape index (κ2) is 8.15. The number of aromatic nitrogens is 1. The predicted octanol–water partition coefficient (Wildman–Crippen LogP) is 3.43. The zero-order chi connectivity index (χ0) is 21.4. The molecule has 0 atom stereocenters. The molecular weight excluding hydrogens is 410 g/mol. The van der Waals surface area contributed by atoms with Gasteiger partial charge in [0.05, 0.1) is 23.6 Å². The fraction of sp³-hybridized carbons (Fsp3) is 0.333. The number of ether oxygens (including phenoxy) is 1. The summed E-state index contributed by atoms with van der Waals surface area (Å²) in [6.07, 6.45) is 4.94. The van der Waals surface area contributed by atoms with Gasteiger partial charge in [-0.15, -0.1) is 0 Å². The quantitative estimate of drug-likeness (QED) is 0.626. The van der Waals surface area contributed by atoms with Crippen LogP contribution in [0.4, 0.5) is 5.69 Å². The van der Waals surface area contributed by atoms with Gasteiger partial charge in [-0.25, -0.2) is 12.4 Å². The van der Waals surface area contributed by atoms with E-state index in [0.717, 1.165) is 54.8 Å². The standard InChI is InChI=1S/C24H27N3O3S/c1-25-11-9-19(10-12-25)23-18-27(31(28,29)21-5-3-2-4-6-21)24-17-20(7-8-22(23)24)26-13-15-30-16-14-26/h2-9,17-18H,10-16H2,1H3. The third kappa shape index (κ3) is 3.78. The Kier molecular flexibility index (Phi) is 5.33. The van der Waals surface area contributed by atoms with Crippen LogP contribution >= 0.6 is 0 Å². The first kappa shape index (κ1) is 20.3. The Labute approximate surface area is 183 Å². The minimum atomic E-state index is -3.71. The van der Waals surface area contributed by atoms with Gasteiger partial charge < -0.3 is 14.5 Å². The van der Waals surface area contributed by atoms with Gasteiger partial charge >= 0.3 is 0 Å². The van der Waals surface area contributed by atoms with E-state index >= 15 is 0 Å². The molecule has 3 heterocycles. The van der Waals surface area contributed by atoms with Crippen LogP contribution in [-0.2, 0) is 14.8 Å². The lowest BCUT2D eigenvalue weighted by atomic mass is 9.99. The molecule has 0 aliphatic carbocycles. The monoisotopic (exact) mass is 437 g/mol. The zero-order valence-corrected chi connectivity index (χ0v) is 18.5. The summed E-state index contributed by atoms with van der Waals surface area (Å²) in [7, 11) is -1.60. The lowest BCUT2D eigenvalue weighted by molar-refractivity contribution is 0.122. The Morgan fingerprint density at radius 2 is 1.74 bits per heavy atom. The SMILES string of the molecule is CN1CC=C(c2cn(S(=O)(=O)c3ccccc3)c3cc(N4CCOCC4)ccc23)CC1. The van der Waals surface area contributed by atoms with Gasteiger partial charge in [0, 0.05) is 49.0 Å². The van der Waals surface area contributed by atoms with Gasteiger partial charge in [-0.2, -0.15) is 0 Å². The minimum absolute atomic E-state index is 0.299. The molecule has 1 aromatic heterocycles. The first-order chi connectivity index (χ1) is 15.0. The van der Waals surface area contributed by atoms with E-state index in [-0.39, 0.29) is 0 Å². The van der Waals surface area contributed by atoms with Crippen LogP contribution in [0, 0.1) is 0 Å². The van der Waals surface area contributed by atoms with Gasteiger partial charge in [-0.3, -0.25) is 0 Å². The number of benzene rings is 2. The van der Waals surface area contributed by atoms with Crippen LogP contribution in [0.1, 0.15) is 12.0 Å². The first-order valence-electron chi connectivity index (χ1n) is 10.7. The van der Waals surface area contributed by atoms with Gasteiger partial charge in [0.2, 0.25) is 0 Å². The number of morpholine rings is 1. The molecule has 2 aromatic carbocycles. The van der Waals surface area contributed by atoms with E-state index in [4.69, 9.17) is 4.74 Å². The van der Waals surface area contributed by atoms with E-state index in [1.54, 1.807) is 24.3 Å². The lowest BCUT2D eigenvalue weighted by Crippen LogP contribution is -2.36. The Hall–Kier alpha value is -2.61. The molecule has 0 saturated carbocycles. The van der Waals surface area contributed by atoms with Gasteiger partial charge in [0.1, 0.15) is 0 Å². The van der Waals surface area contributed by atoms with Crippen LogP contribution in [0.15, 0.2) is 65.7 Å². The van der Waals surface area contributed by atoms with Crippen molar-refractivity contribution >= 4 is 32.2 Å². The minimum Gasteiger partial charge on any atom is -0.378 e. The molecule has 0 radical (unpaired) electrons. The number of hydrogen-bond donors (Lipinski definition) is 0. The number of likely N-dealkylation sites (N-methyl/N-ethyl adjacent to an activating group) is 1. The third-order valence-electron chi connectivity index (χ3n) is 6.19. The maximum atomic E-state index is 13.6. The number of anilines is 1. The van der Waals surface area contributed by atoms with Crippen molar-refractivity contribution < 1.29 is 13.2 Å². The summed E-state index contributed by atoms with van der Waals surface area (Å²) in [5.41, 5.74) is 3.98. The normalized spacial score (nSPS) is 18.4. The van der Waals surface area contributed by atoms with Crippen molar-refractivity contribution in [2.24, 2.45) is 0 Å². The second-order valence-corrected chi connectivity index (χ2v) is 10.0. The van der Waals surface area contributed by atoms with Crippen molar-refractivity contribution in [1.82, 2.24) is 8.87 Å². The summed E-state index contributed by atoms with van der Waals surface area (Å²) in [6, 6.07) is 14.9. The second-order valence-electron chi connectivity index (χ2n) is 8.20. The molecule has 3 aromatic rings. The van der Waals surface area contributed by atoms with E-state index in [1.165, 1.54) is 9.55 Å². The Bertz CT molecular complexity index is 1230. The van der Waals surface area contributed by atoms with E-state index in [2.05, 4.69) is 35.1 Å². The van der Waals surface area contributed by atoms with Gasteiger partial charge in [-0.1, -0.05) is 30.3 Å². The largest absolute Gasteiger partial charge is 0.378 e. The van der Waals surface area contributed by atoms with Crippen molar-refractivity contribution in [3.8, 4) is 0 Å². The van der Waals surface area contributed by atoms with E-state index in [1.807, 2.05) is 18.3 Å². The average molecular weight is 438 g/mol. The smallest absolute Gasteiger partial charge is 0.268 e. The molecule has 0 unspecified atom stereocenters. The van der Waals surface area contributed by atoms with Crippen LogP contribution in [0.25, 0.3) is 16.5 Å². The maximum Gasteiger partial charge on any atom is 0.268 e. The van der Waals surface area contributed by atoms with Crippen molar-refractivity contribution in [3.63, 3.8) is 0 Å². The van der Waals surface area contributed by atoms with Crippen LogP contribution in [-0.4, -0.2) is 63.7 Å². The number of rotatable bonds is 4. The molecule has 7 heteroatoms. The van der Waals surface area contributed by atoms with Crippen LogP contribution in [0.3, 0.4) is 0 Å². The molecule has 1 saturated heterocycles. The highest BCUT2D eigenvalue weighted by molar-refractivity contribution is 7.90. The summed E-state index contributed by atoms with van der Waals surface area (Å²) in [6.45, 7) is 4.83. The topological polar surface area (TPSA) is 54.8 Å². The van der Waals surface area contributed by atoms with Crippen LogP contribution in [0.5, 0.6) is 0 Å². The molecule has 1 fully saturated rings. The van der Waals surface area contributed by atoms with Gasteiger partial charge in [0.15, 0.2) is 0 Å². The van der Waals surface area contributed by atoms with Gasteiger partial charge in [-0.05, 0) is 43.3 Å². The number of nitrogens with zero attached hydrogens (tertiary/aromatic N) is 3.